The second kappa shape index (κ2) is 6.11. The molecule has 0 radical (unpaired) electrons. The van der Waals surface area contributed by atoms with Crippen LogP contribution in [0.2, 0.25) is 0 Å². The van der Waals surface area contributed by atoms with Crippen LogP contribution in [0.3, 0.4) is 0 Å². The Morgan fingerprint density at radius 1 is 0.955 bits per heavy atom. The molecule has 2 aromatic rings. The SMILES string of the molecule is c1cc(-c2ccc3c(c2)CCN3)ccc1CN1CCOCC1. The van der Waals surface area contributed by atoms with Gasteiger partial charge in [-0.3, -0.25) is 4.90 Å². The highest BCUT2D eigenvalue weighted by Crippen LogP contribution is 2.28. The van der Waals surface area contributed by atoms with Gasteiger partial charge in [-0.1, -0.05) is 30.3 Å². The molecule has 0 amide bonds. The molecule has 2 aliphatic heterocycles. The van der Waals surface area contributed by atoms with E-state index in [9.17, 15) is 0 Å². The first-order chi connectivity index (χ1) is 10.9. The van der Waals surface area contributed by atoms with Gasteiger partial charge in [-0.05, 0) is 40.8 Å². The van der Waals surface area contributed by atoms with E-state index < -0.39 is 0 Å². The standard InChI is InChI=1S/C19H22N2O/c1-3-16(17-5-6-19-18(13-17)7-8-20-19)4-2-15(1)14-21-9-11-22-12-10-21/h1-6,13,20H,7-12,14H2. The van der Waals surface area contributed by atoms with E-state index in [0.29, 0.717) is 0 Å². The third-order valence-corrected chi connectivity index (χ3v) is 4.61. The lowest BCUT2D eigenvalue weighted by Crippen LogP contribution is -2.35. The molecule has 0 atom stereocenters. The maximum absolute atomic E-state index is 5.40. The predicted octanol–water partition coefficient (Wildman–Crippen LogP) is 3.15. The van der Waals surface area contributed by atoms with Crippen LogP contribution in [0.5, 0.6) is 0 Å². The van der Waals surface area contributed by atoms with E-state index >= 15 is 0 Å². The molecule has 1 saturated heterocycles. The molecule has 22 heavy (non-hydrogen) atoms. The molecule has 0 saturated carbocycles. The van der Waals surface area contributed by atoms with Crippen molar-refractivity contribution in [1.29, 1.82) is 0 Å². The number of ether oxygens (including phenoxy) is 1. The van der Waals surface area contributed by atoms with Gasteiger partial charge in [0.05, 0.1) is 13.2 Å². The second-order valence-electron chi connectivity index (χ2n) is 6.13. The molecule has 0 bridgehead atoms. The van der Waals surface area contributed by atoms with Crippen molar-refractivity contribution in [3.05, 3.63) is 53.6 Å². The van der Waals surface area contributed by atoms with Gasteiger partial charge in [0, 0.05) is 31.9 Å². The van der Waals surface area contributed by atoms with Crippen molar-refractivity contribution in [3.8, 4) is 11.1 Å². The molecular weight excluding hydrogens is 272 g/mol. The fourth-order valence-corrected chi connectivity index (χ4v) is 3.30. The lowest BCUT2D eigenvalue weighted by molar-refractivity contribution is 0.0342. The van der Waals surface area contributed by atoms with Gasteiger partial charge in [-0.25, -0.2) is 0 Å². The van der Waals surface area contributed by atoms with E-state index in [-0.39, 0.29) is 0 Å². The zero-order chi connectivity index (χ0) is 14.8. The van der Waals surface area contributed by atoms with Crippen molar-refractivity contribution in [2.24, 2.45) is 0 Å². The van der Waals surface area contributed by atoms with Gasteiger partial charge in [0.15, 0.2) is 0 Å². The Hall–Kier alpha value is -1.84. The zero-order valence-corrected chi connectivity index (χ0v) is 12.8. The van der Waals surface area contributed by atoms with Gasteiger partial charge in [0.2, 0.25) is 0 Å². The van der Waals surface area contributed by atoms with Crippen LogP contribution in [-0.4, -0.2) is 37.7 Å². The third-order valence-electron chi connectivity index (χ3n) is 4.61. The summed E-state index contributed by atoms with van der Waals surface area (Å²) >= 11 is 0. The molecule has 0 unspecified atom stereocenters. The summed E-state index contributed by atoms with van der Waals surface area (Å²) in [5.41, 5.74) is 6.75. The number of hydrogen-bond acceptors (Lipinski definition) is 3. The summed E-state index contributed by atoms with van der Waals surface area (Å²) in [6, 6.07) is 15.8. The molecule has 0 spiro atoms. The number of morpholine rings is 1. The zero-order valence-electron chi connectivity index (χ0n) is 12.8. The van der Waals surface area contributed by atoms with E-state index in [1.807, 2.05) is 0 Å². The number of rotatable bonds is 3. The van der Waals surface area contributed by atoms with E-state index in [2.05, 4.69) is 52.7 Å². The summed E-state index contributed by atoms with van der Waals surface area (Å²) in [6.45, 7) is 5.90. The molecule has 0 aliphatic carbocycles. The summed E-state index contributed by atoms with van der Waals surface area (Å²) in [4.78, 5) is 2.46. The van der Waals surface area contributed by atoms with Crippen LogP contribution in [0.25, 0.3) is 11.1 Å². The molecule has 3 nitrogen and oxygen atoms in total. The van der Waals surface area contributed by atoms with Crippen LogP contribution in [0.1, 0.15) is 11.1 Å². The van der Waals surface area contributed by atoms with E-state index in [0.717, 1.165) is 45.8 Å². The average molecular weight is 294 g/mol. The number of fused-ring (bicyclic) bond motifs is 1. The highest BCUT2D eigenvalue weighted by molar-refractivity contribution is 5.70. The monoisotopic (exact) mass is 294 g/mol. The van der Waals surface area contributed by atoms with Gasteiger partial charge in [0.25, 0.3) is 0 Å². The normalized spacial score (nSPS) is 18.0. The van der Waals surface area contributed by atoms with E-state index in [4.69, 9.17) is 4.74 Å². The molecule has 2 heterocycles. The molecule has 2 aliphatic rings. The van der Waals surface area contributed by atoms with Crippen LogP contribution < -0.4 is 5.32 Å². The quantitative estimate of drug-likeness (QED) is 0.941. The Balaban J connectivity index is 1.49. The largest absolute Gasteiger partial charge is 0.384 e. The number of hydrogen-bond donors (Lipinski definition) is 1. The van der Waals surface area contributed by atoms with Crippen LogP contribution in [0.15, 0.2) is 42.5 Å². The number of anilines is 1. The maximum Gasteiger partial charge on any atom is 0.0594 e. The topological polar surface area (TPSA) is 24.5 Å². The van der Waals surface area contributed by atoms with Crippen molar-refractivity contribution in [3.63, 3.8) is 0 Å². The van der Waals surface area contributed by atoms with Crippen molar-refractivity contribution in [2.75, 3.05) is 38.2 Å². The molecule has 1 N–H and O–H groups in total. The first-order valence-corrected chi connectivity index (χ1v) is 8.15. The smallest absolute Gasteiger partial charge is 0.0594 e. The minimum absolute atomic E-state index is 0.862. The van der Waals surface area contributed by atoms with Crippen LogP contribution in [-0.2, 0) is 17.7 Å². The van der Waals surface area contributed by atoms with Gasteiger partial charge >= 0.3 is 0 Å². The van der Waals surface area contributed by atoms with Gasteiger partial charge < -0.3 is 10.1 Å². The van der Waals surface area contributed by atoms with Crippen molar-refractivity contribution in [2.45, 2.75) is 13.0 Å². The average Bonchev–Trinajstić information content (AvgIpc) is 3.04. The highest BCUT2D eigenvalue weighted by Gasteiger charge is 2.12. The number of nitrogens with zero attached hydrogens (tertiary/aromatic N) is 1. The summed E-state index contributed by atoms with van der Waals surface area (Å²) < 4.78 is 5.40. The summed E-state index contributed by atoms with van der Waals surface area (Å²) in [5, 5.41) is 3.42. The third kappa shape index (κ3) is 2.87. The molecular formula is C19H22N2O. The molecule has 4 rings (SSSR count). The molecule has 114 valence electrons. The van der Waals surface area contributed by atoms with E-state index in [1.165, 1.54) is 27.9 Å². The Morgan fingerprint density at radius 2 is 1.73 bits per heavy atom. The van der Waals surface area contributed by atoms with Crippen LogP contribution in [0, 0.1) is 0 Å². The van der Waals surface area contributed by atoms with Crippen LogP contribution in [0.4, 0.5) is 5.69 Å². The summed E-state index contributed by atoms with van der Waals surface area (Å²) in [7, 11) is 0. The fraction of sp³-hybridized carbons (Fsp3) is 0.368. The molecule has 1 fully saturated rings. The Bertz CT molecular complexity index is 645. The first-order valence-electron chi connectivity index (χ1n) is 8.15. The lowest BCUT2D eigenvalue weighted by Gasteiger charge is -2.26. The summed E-state index contributed by atoms with van der Waals surface area (Å²) in [5.74, 6) is 0. The molecule has 0 aromatic heterocycles. The first kappa shape index (κ1) is 13.8. The van der Waals surface area contributed by atoms with Crippen molar-refractivity contribution >= 4 is 5.69 Å². The molecule has 2 aromatic carbocycles. The second-order valence-corrected chi connectivity index (χ2v) is 6.13. The minimum Gasteiger partial charge on any atom is -0.384 e. The van der Waals surface area contributed by atoms with Gasteiger partial charge in [0.1, 0.15) is 0 Å². The number of benzene rings is 2. The van der Waals surface area contributed by atoms with E-state index in [1.54, 1.807) is 0 Å². The van der Waals surface area contributed by atoms with Gasteiger partial charge in [-0.2, -0.15) is 0 Å². The van der Waals surface area contributed by atoms with Crippen LogP contribution >= 0.6 is 0 Å². The Kier molecular flexibility index (Phi) is 3.83. The minimum atomic E-state index is 0.862. The predicted molar refractivity (Wildman–Crippen MR) is 90.2 cm³/mol. The Labute approximate surface area is 131 Å². The molecule has 3 heteroatoms. The lowest BCUT2D eigenvalue weighted by atomic mass is 10.0. The summed E-state index contributed by atoms with van der Waals surface area (Å²) in [6.07, 6.45) is 1.14. The van der Waals surface area contributed by atoms with Gasteiger partial charge in [-0.15, -0.1) is 0 Å². The van der Waals surface area contributed by atoms with Crippen molar-refractivity contribution < 1.29 is 4.74 Å². The highest BCUT2D eigenvalue weighted by atomic mass is 16.5. The maximum atomic E-state index is 5.40. The van der Waals surface area contributed by atoms with Crippen molar-refractivity contribution in [1.82, 2.24) is 4.90 Å². The Morgan fingerprint density at radius 3 is 2.55 bits per heavy atom. The fourth-order valence-electron chi connectivity index (χ4n) is 3.30. The number of nitrogens with one attached hydrogen (secondary N) is 1.